The van der Waals surface area contributed by atoms with Gasteiger partial charge < -0.3 is 20.6 Å². The molecule has 0 aliphatic rings. The maximum atomic E-state index is 13.3. The average Bonchev–Trinajstić information content (AvgIpc) is 3.53. The molecule has 11 heteroatoms. The van der Waals surface area contributed by atoms with Gasteiger partial charge in [0.15, 0.2) is 5.92 Å². The van der Waals surface area contributed by atoms with E-state index in [0.717, 1.165) is 32.9 Å². The van der Waals surface area contributed by atoms with Crippen LogP contribution in [-0.4, -0.2) is 39.9 Å². The number of amides is 2. The first-order valence-corrected chi connectivity index (χ1v) is 13.0. The van der Waals surface area contributed by atoms with Crippen LogP contribution in [0.15, 0.2) is 73.2 Å². The third-order valence-electron chi connectivity index (χ3n) is 6.73. The van der Waals surface area contributed by atoms with E-state index < -0.39 is 34.5 Å². The molecule has 4 N–H and O–H groups in total. The van der Waals surface area contributed by atoms with Crippen molar-refractivity contribution in [1.82, 2.24) is 25.6 Å². The molecule has 5 aromatic rings. The van der Waals surface area contributed by atoms with Gasteiger partial charge in [-0.1, -0.05) is 48.0 Å². The Morgan fingerprint density at radius 2 is 1.35 bits per heavy atom. The number of pyridine rings is 1. The monoisotopic (exact) mass is 567 g/mol. The van der Waals surface area contributed by atoms with Gasteiger partial charge in [0.2, 0.25) is 11.8 Å². The average molecular weight is 568 g/mol. The van der Waals surface area contributed by atoms with Crippen LogP contribution in [0.25, 0.3) is 21.8 Å². The fourth-order valence-electron chi connectivity index (χ4n) is 4.71. The highest BCUT2D eigenvalue weighted by Crippen LogP contribution is 2.33. The van der Waals surface area contributed by atoms with E-state index in [4.69, 9.17) is 11.6 Å². The first-order chi connectivity index (χ1) is 19.2. The fourth-order valence-corrected chi connectivity index (χ4v) is 4.98. The van der Waals surface area contributed by atoms with Gasteiger partial charge >= 0.3 is 6.18 Å². The molecule has 0 saturated heterocycles. The van der Waals surface area contributed by atoms with Crippen LogP contribution < -0.4 is 10.6 Å². The highest BCUT2D eigenvalue weighted by molar-refractivity contribution is 6.32. The minimum Gasteiger partial charge on any atom is -0.361 e. The number of nitrogens with zero attached hydrogens (tertiary/aromatic N) is 1. The topological polar surface area (TPSA) is 103 Å². The minimum absolute atomic E-state index is 0.193. The molecule has 3 heterocycles. The molecule has 2 aromatic carbocycles. The molecule has 0 aliphatic carbocycles. The Morgan fingerprint density at radius 3 is 1.82 bits per heavy atom. The molecule has 0 atom stereocenters. The smallest absolute Gasteiger partial charge is 0.361 e. The second kappa shape index (κ2) is 11.4. The summed E-state index contributed by atoms with van der Waals surface area (Å²) in [6.07, 6.45) is 0.540. The summed E-state index contributed by atoms with van der Waals surface area (Å²) in [6, 6.07) is 16.1. The van der Waals surface area contributed by atoms with Gasteiger partial charge in [0.1, 0.15) is 0 Å². The van der Waals surface area contributed by atoms with Crippen molar-refractivity contribution >= 4 is 45.2 Å². The van der Waals surface area contributed by atoms with Gasteiger partial charge in [-0.15, -0.1) is 0 Å². The van der Waals surface area contributed by atoms with Crippen molar-refractivity contribution in [3.05, 3.63) is 101 Å². The summed E-state index contributed by atoms with van der Waals surface area (Å²) in [6.45, 7) is 0.385. The standard InChI is InChI=1S/C29H25ClF3N5O2/c30-22-13-19(29(31,32)33)16-38-26(22)25(27(39)34-11-9-17-14-36-23-7-3-1-5-20(17)23)28(40)35-12-10-18-15-37-24-8-4-2-6-21(18)24/h1-8,13-16,25,36-37H,9-12H2,(H,34,39)(H,35,40). The number of aromatic nitrogens is 3. The molecule has 0 bridgehead atoms. The molecule has 0 aliphatic heterocycles. The van der Waals surface area contributed by atoms with Crippen molar-refractivity contribution in [3.63, 3.8) is 0 Å². The quantitative estimate of drug-likeness (QED) is 0.176. The Labute approximate surface area is 232 Å². The van der Waals surface area contributed by atoms with E-state index in [1.54, 1.807) is 0 Å². The molecule has 5 rings (SSSR count). The number of carbonyl (C=O) groups is 2. The molecular formula is C29H25ClF3N5O2. The Balaban J connectivity index is 1.31. The minimum atomic E-state index is -4.67. The number of benzene rings is 2. The third-order valence-corrected chi connectivity index (χ3v) is 7.03. The molecule has 2 amide bonds. The Morgan fingerprint density at radius 1 is 0.850 bits per heavy atom. The Kier molecular flexibility index (Phi) is 7.79. The van der Waals surface area contributed by atoms with Gasteiger partial charge in [-0.3, -0.25) is 14.6 Å². The van der Waals surface area contributed by atoms with Crippen molar-refractivity contribution < 1.29 is 22.8 Å². The first-order valence-electron chi connectivity index (χ1n) is 12.6. The zero-order valence-corrected chi connectivity index (χ0v) is 21.9. The predicted molar refractivity (Wildman–Crippen MR) is 147 cm³/mol. The lowest BCUT2D eigenvalue weighted by Gasteiger charge is -2.18. The highest BCUT2D eigenvalue weighted by Gasteiger charge is 2.35. The van der Waals surface area contributed by atoms with Crippen molar-refractivity contribution in [3.8, 4) is 0 Å². The largest absolute Gasteiger partial charge is 0.417 e. The summed E-state index contributed by atoms with van der Waals surface area (Å²) in [5.74, 6) is -2.96. The fraction of sp³-hybridized carbons (Fsp3) is 0.207. The van der Waals surface area contributed by atoms with Crippen LogP contribution in [0.4, 0.5) is 13.2 Å². The normalized spacial score (nSPS) is 11.8. The van der Waals surface area contributed by atoms with Crippen LogP contribution in [0, 0.1) is 0 Å². The maximum absolute atomic E-state index is 13.3. The number of nitrogens with one attached hydrogen (secondary N) is 4. The molecule has 0 fully saturated rings. The number of halogens is 4. The van der Waals surface area contributed by atoms with Crippen molar-refractivity contribution in [2.45, 2.75) is 24.9 Å². The van der Waals surface area contributed by atoms with Crippen LogP contribution in [0.3, 0.4) is 0 Å². The van der Waals surface area contributed by atoms with Gasteiger partial charge in [-0.25, -0.2) is 0 Å². The van der Waals surface area contributed by atoms with Crippen LogP contribution >= 0.6 is 11.6 Å². The second-order valence-corrected chi connectivity index (χ2v) is 9.73. The molecule has 0 saturated carbocycles. The van der Waals surface area contributed by atoms with E-state index in [2.05, 4.69) is 25.6 Å². The lowest BCUT2D eigenvalue weighted by molar-refractivity contribution is -0.137. The summed E-state index contributed by atoms with van der Waals surface area (Å²) in [4.78, 5) is 36.7. The van der Waals surface area contributed by atoms with Crippen LogP contribution in [0.2, 0.25) is 5.02 Å². The lowest BCUT2D eigenvalue weighted by Crippen LogP contribution is -2.41. The number of rotatable bonds is 9. The number of H-pyrrole nitrogens is 2. The summed E-state index contributed by atoms with van der Waals surface area (Å²) < 4.78 is 39.5. The molecule has 0 unspecified atom stereocenters. The van der Waals surface area contributed by atoms with E-state index in [1.165, 1.54) is 0 Å². The van der Waals surface area contributed by atoms with Gasteiger partial charge in [0, 0.05) is 53.5 Å². The summed E-state index contributed by atoms with van der Waals surface area (Å²) >= 11 is 6.15. The van der Waals surface area contributed by atoms with E-state index in [1.807, 2.05) is 60.9 Å². The molecular weight excluding hydrogens is 543 g/mol. The van der Waals surface area contributed by atoms with E-state index in [-0.39, 0.29) is 18.8 Å². The number of carbonyl (C=O) groups excluding carboxylic acids is 2. The van der Waals surface area contributed by atoms with Crippen LogP contribution in [0.1, 0.15) is 28.3 Å². The summed E-state index contributed by atoms with van der Waals surface area (Å²) in [5, 5.41) is 7.05. The second-order valence-electron chi connectivity index (χ2n) is 9.32. The van der Waals surface area contributed by atoms with E-state index in [9.17, 15) is 22.8 Å². The Bertz CT molecular complexity index is 1590. The van der Waals surface area contributed by atoms with Crippen molar-refractivity contribution in [1.29, 1.82) is 0 Å². The Hall–Kier alpha value is -4.31. The molecule has 7 nitrogen and oxygen atoms in total. The molecule has 3 aromatic heterocycles. The lowest BCUT2D eigenvalue weighted by atomic mass is 10.0. The first kappa shape index (κ1) is 27.3. The number of hydrogen-bond acceptors (Lipinski definition) is 3. The third kappa shape index (κ3) is 5.81. The summed E-state index contributed by atoms with van der Waals surface area (Å²) in [7, 11) is 0. The number of aromatic amines is 2. The SMILES string of the molecule is O=C(NCCc1c[nH]c2ccccc12)C(C(=O)NCCc1c[nH]c2ccccc12)c1ncc(C(F)(F)F)cc1Cl. The maximum Gasteiger partial charge on any atom is 0.417 e. The van der Waals surface area contributed by atoms with Gasteiger partial charge in [-0.2, -0.15) is 13.2 Å². The van der Waals surface area contributed by atoms with E-state index in [0.29, 0.717) is 25.1 Å². The van der Waals surface area contributed by atoms with E-state index >= 15 is 0 Å². The number of para-hydroxylation sites is 2. The van der Waals surface area contributed by atoms with Crippen molar-refractivity contribution in [2.24, 2.45) is 0 Å². The highest BCUT2D eigenvalue weighted by atomic mass is 35.5. The van der Waals surface area contributed by atoms with Crippen LogP contribution in [-0.2, 0) is 28.6 Å². The van der Waals surface area contributed by atoms with Gasteiger partial charge in [0.25, 0.3) is 0 Å². The predicted octanol–water partition coefficient (Wildman–Crippen LogP) is 5.52. The number of alkyl halides is 3. The summed E-state index contributed by atoms with van der Waals surface area (Å²) in [5.41, 5.74) is 2.54. The zero-order valence-electron chi connectivity index (χ0n) is 21.1. The zero-order chi connectivity index (χ0) is 28.3. The molecule has 0 spiro atoms. The molecule has 40 heavy (non-hydrogen) atoms. The van der Waals surface area contributed by atoms with Crippen LogP contribution in [0.5, 0.6) is 0 Å². The van der Waals surface area contributed by atoms with Crippen molar-refractivity contribution in [2.75, 3.05) is 13.1 Å². The number of hydrogen-bond donors (Lipinski definition) is 4. The van der Waals surface area contributed by atoms with Gasteiger partial charge in [0.05, 0.1) is 16.3 Å². The number of fused-ring (bicyclic) bond motifs is 2. The molecule has 0 radical (unpaired) electrons. The molecule has 206 valence electrons. The van der Waals surface area contributed by atoms with Gasteiger partial charge in [-0.05, 0) is 42.2 Å².